The third-order valence-electron chi connectivity index (χ3n) is 9.36. The summed E-state index contributed by atoms with van der Waals surface area (Å²) < 4.78 is 67.0. The van der Waals surface area contributed by atoms with Gasteiger partial charge >= 0.3 is 5.97 Å². The fourth-order valence-electron chi connectivity index (χ4n) is 7.96. The summed E-state index contributed by atoms with van der Waals surface area (Å²) in [5, 5.41) is 21.8. The predicted molar refractivity (Wildman–Crippen MR) is 144 cm³/mol. The number of hydrogen-bond acceptors (Lipinski definition) is 12. The summed E-state index contributed by atoms with van der Waals surface area (Å²) in [5.74, 6) is -4.73. The molecule has 4 aliphatic rings. The van der Waals surface area contributed by atoms with E-state index in [1.165, 1.54) is 25.2 Å². The van der Waals surface area contributed by atoms with Gasteiger partial charge in [-0.2, -0.15) is 16.8 Å². The van der Waals surface area contributed by atoms with Crippen LogP contribution in [0.4, 0.5) is 0 Å². The van der Waals surface area contributed by atoms with Crippen molar-refractivity contribution in [3.8, 4) is 0 Å². The van der Waals surface area contributed by atoms with E-state index in [1.54, 1.807) is 13.8 Å². The molecule has 0 aliphatic heterocycles. The molecule has 0 heterocycles. The SMILES string of the molecule is C=C1C[C@H]2[C@@H]3C(OS(C)(=O)=O)C(OS(C)(=O)=O)C4=CC(=O)C=C[C@]4(C)[C@H]3C(O)C[C@]2(C)[C@@]1(OC(=O)CC)C(=O)CO. The summed E-state index contributed by atoms with van der Waals surface area (Å²) >= 11 is 0. The summed E-state index contributed by atoms with van der Waals surface area (Å²) in [4.78, 5) is 38.6. The Morgan fingerprint density at radius 2 is 1.73 bits per heavy atom. The van der Waals surface area contributed by atoms with Gasteiger partial charge in [-0.1, -0.05) is 33.4 Å². The number of carbonyl (C=O) groups excluding carboxylic acids is 3. The van der Waals surface area contributed by atoms with E-state index >= 15 is 0 Å². The van der Waals surface area contributed by atoms with Crippen LogP contribution in [0.3, 0.4) is 0 Å². The molecule has 3 fully saturated rings. The highest BCUT2D eigenvalue weighted by atomic mass is 32.2. The fraction of sp³-hybridized carbons (Fsp3) is 0.667. The number of esters is 1. The molecular formula is C27H36O12S2. The lowest BCUT2D eigenvalue weighted by molar-refractivity contribution is -0.207. The first kappa shape index (κ1) is 31.7. The Hall–Kier alpha value is -2.23. The van der Waals surface area contributed by atoms with Gasteiger partial charge in [0.2, 0.25) is 5.78 Å². The van der Waals surface area contributed by atoms with Gasteiger partial charge < -0.3 is 14.9 Å². The van der Waals surface area contributed by atoms with E-state index in [0.717, 1.165) is 12.5 Å². The van der Waals surface area contributed by atoms with Crippen molar-refractivity contribution >= 4 is 37.8 Å². The van der Waals surface area contributed by atoms with Crippen LogP contribution in [0.2, 0.25) is 0 Å². The molecule has 0 aromatic rings. The van der Waals surface area contributed by atoms with Crippen LogP contribution in [-0.4, -0.2) is 87.6 Å². The van der Waals surface area contributed by atoms with E-state index in [1.807, 2.05) is 0 Å². The zero-order valence-electron chi connectivity index (χ0n) is 23.5. The molecule has 3 saturated carbocycles. The molecule has 2 N–H and O–H groups in total. The van der Waals surface area contributed by atoms with Gasteiger partial charge in [-0.3, -0.25) is 22.7 Å². The number of rotatable bonds is 8. The van der Waals surface area contributed by atoms with Crippen LogP contribution in [0.15, 0.2) is 36.0 Å². The number of Topliss-reactive ketones (excluding diaryl/α,β-unsaturated/α-hetero) is 1. The van der Waals surface area contributed by atoms with Crippen molar-refractivity contribution in [2.45, 2.75) is 63.9 Å². The van der Waals surface area contributed by atoms with Crippen LogP contribution in [0.25, 0.3) is 0 Å². The molecule has 12 nitrogen and oxygen atoms in total. The lowest BCUT2D eigenvalue weighted by Crippen LogP contribution is -2.68. The Balaban J connectivity index is 2.02. The van der Waals surface area contributed by atoms with Crippen molar-refractivity contribution in [2.75, 3.05) is 19.1 Å². The lowest BCUT2D eigenvalue weighted by atomic mass is 9.45. The molecule has 3 unspecified atom stereocenters. The number of fused-ring (bicyclic) bond motifs is 5. The van der Waals surface area contributed by atoms with Gasteiger partial charge in [0, 0.05) is 23.2 Å². The second kappa shape index (κ2) is 10.2. The van der Waals surface area contributed by atoms with Crippen LogP contribution in [0.1, 0.15) is 40.0 Å². The lowest BCUT2D eigenvalue weighted by Gasteiger charge is -2.62. The molecule has 0 spiro atoms. The van der Waals surface area contributed by atoms with Crippen molar-refractivity contribution in [3.63, 3.8) is 0 Å². The van der Waals surface area contributed by atoms with Gasteiger partial charge in [-0.15, -0.1) is 0 Å². The van der Waals surface area contributed by atoms with E-state index in [-0.39, 0.29) is 30.4 Å². The minimum Gasteiger partial charge on any atom is -0.446 e. The summed E-state index contributed by atoms with van der Waals surface area (Å²) in [6.07, 6.45) is 0.858. The zero-order chi connectivity index (χ0) is 30.9. The van der Waals surface area contributed by atoms with E-state index in [9.17, 15) is 41.4 Å². The highest BCUT2D eigenvalue weighted by Gasteiger charge is 2.74. The first-order chi connectivity index (χ1) is 18.8. The first-order valence-corrected chi connectivity index (χ1v) is 16.8. The van der Waals surface area contributed by atoms with Crippen molar-refractivity contribution in [1.82, 2.24) is 0 Å². The van der Waals surface area contributed by atoms with Gasteiger partial charge in [-0.25, -0.2) is 0 Å². The Labute approximate surface area is 239 Å². The second-order valence-corrected chi connectivity index (χ2v) is 15.1. The van der Waals surface area contributed by atoms with E-state index < -0.39 is 96.9 Å². The van der Waals surface area contributed by atoms with Crippen molar-refractivity contribution in [1.29, 1.82) is 0 Å². The molecule has 0 radical (unpaired) electrons. The quantitative estimate of drug-likeness (QED) is 0.220. The van der Waals surface area contributed by atoms with Crippen molar-refractivity contribution in [3.05, 3.63) is 36.0 Å². The largest absolute Gasteiger partial charge is 0.446 e. The first-order valence-electron chi connectivity index (χ1n) is 13.2. The maximum atomic E-state index is 13.5. The molecule has 228 valence electrons. The fourth-order valence-corrected chi connectivity index (χ4v) is 9.19. The van der Waals surface area contributed by atoms with Crippen LogP contribution in [-0.2, 0) is 47.7 Å². The average molecular weight is 617 g/mol. The zero-order valence-corrected chi connectivity index (χ0v) is 25.2. The van der Waals surface area contributed by atoms with Gasteiger partial charge in [0.05, 0.1) is 18.6 Å². The normalized spacial score (nSPS) is 40.3. The number of ketones is 2. The van der Waals surface area contributed by atoms with Crippen molar-refractivity contribution < 1.29 is 54.5 Å². The van der Waals surface area contributed by atoms with E-state index in [4.69, 9.17) is 13.1 Å². The second-order valence-electron chi connectivity index (χ2n) is 11.9. The monoisotopic (exact) mass is 616 g/mol. The highest BCUT2D eigenvalue weighted by molar-refractivity contribution is 7.86. The summed E-state index contributed by atoms with van der Waals surface area (Å²) in [5.41, 5.74) is -4.39. The molecule has 4 rings (SSSR count). The molecule has 0 saturated heterocycles. The Bertz CT molecular complexity index is 1460. The van der Waals surface area contributed by atoms with Crippen LogP contribution < -0.4 is 0 Å². The minimum atomic E-state index is -4.29. The van der Waals surface area contributed by atoms with Gasteiger partial charge in [-0.05, 0) is 48.0 Å². The maximum Gasteiger partial charge on any atom is 0.306 e. The highest BCUT2D eigenvalue weighted by Crippen LogP contribution is 2.69. The third kappa shape index (κ3) is 4.95. The minimum absolute atomic E-state index is 0.000109. The molecule has 0 bridgehead atoms. The summed E-state index contributed by atoms with van der Waals surface area (Å²) in [6, 6.07) is 0. The van der Waals surface area contributed by atoms with E-state index in [2.05, 4.69) is 6.58 Å². The standard InChI is InChI=1S/C27H36O12S2/c1-7-20(32)37-27(19(31)13-28)14(2)10-16-21-22(18(30)12-26(16,27)4)25(3)9-8-15(29)11-17(25)23(38-40(5,33)34)24(21)39-41(6,35)36/h8-9,11,16,18,21-24,28,30H,2,7,10,12-13H2,1,3-6H3/t16-,18?,21-,22-,23?,24?,25-,26-,27-/m0/s1. The summed E-state index contributed by atoms with van der Waals surface area (Å²) in [6.45, 7) is 7.85. The van der Waals surface area contributed by atoms with Crippen molar-refractivity contribution in [2.24, 2.45) is 28.6 Å². The summed E-state index contributed by atoms with van der Waals surface area (Å²) in [7, 11) is -8.54. The molecule has 4 aliphatic carbocycles. The van der Waals surface area contributed by atoms with E-state index in [0.29, 0.717) is 0 Å². The predicted octanol–water partition coefficient (Wildman–Crippen LogP) is 0.594. The van der Waals surface area contributed by atoms with Gasteiger partial charge in [0.25, 0.3) is 20.2 Å². The number of ether oxygens (including phenoxy) is 1. The Kier molecular flexibility index (Phi) is 7.88. The molecule has 0 amide bonds. The average Bonchev–Trinajstić information content (AvgIpc) is 3.06. The van der Waals surface area contributed by atoms with Gasteiger partial charge in [0.15, 0.2) is 11.4 Å². The van der Waals surface area contributed by atoms with Crippen LogP contribution >= 0.6 is 0 Å². The number of carbonyl (C=O) groups is 3. The maximum absolute atomic E-state index is 13.5. The van der Waals surface area contributed by atoms with Crippen LogP contribution in [0, 0.1) is 28.6 Å². The molecule has 9 atom stereocenters. The molecule has 0 aromatic carbocycles. The number of aliphatic hydroxyl groups excluding tert-OH is 2. The molecule has 0 aromatic heterocycles. The third-order valence-corrected chi connectivity index (χ3v) is 10.5. The van der Waals surface area contributed by atoms with Gasteiger partial charge in [0.1, 0.15) is 18.8 Å². The molecule has 41 heavy (non-hydrogen) atoms. The smallest absolute Gasteiger partial charge is 0.306 e. The topological polar surface area (TPSA) is 188 Å². The molecular weight excluding hydrogens is 580 g/mol. The Morgan fingerprint density at radius 3 is 2.27 bits per heavy atom. The Morgan fingerprint density at radius 1 is 1.12 bits per heavy atom. The number of hydrogen-bond donors (Lipinski definition) is 2. The van der Waals surface area contributed by atoms with Crippen LogP contribution in [0.5, 0.6) is 0 Å². The number of allylic oxidation sites excluding steroid dienone is 3. The number of aliphatic hydroxyl groups is 2. The molecule has 14 heteroatoms.